The largest absolute Gasteiger partial charge is 0.508 e. The monoisotopic (exact) mass is 218 g/mol. The summed E-state index contributed by atoms with van der Waals surface area (Å²) >= 11 is 0. The van der Waals surface area contributed by atoms with Crippen LogP contribution in [0.25, 0.3) is 11.1 Å². The van der Waals surface area contributed by atoms with Gasteiger partial charge in [0.25, 0.3) is 5.95 Å². The minimum absolute atomic E-state index is 0.163. The molecule has 1 aromatic carbocycles. The summed E-state index contributed by atoms with van der Waals surface area (Å²) in [6.45, 7) is 0. The fraction of sp³-hybridized carbons (Fsp3) is 0.0833. The molecule has 82 valence electrons. The Kier molecular flexibility index (Phi) is 2.64. The zero-order chi connectivity index (χ0) is 11.5. The van der Waals surface area contributed by atoms with Crippen LogP contribution in [0.1, 0.15) is 0 Å². The number of hydrogen-bond donors (Lipinski definition) is 1. The van der Waals surface area contributed by atoms with Crippen molar-refractivity contribution in [3.05, 3.63) is 46.8 Å². The first-order valence-electron chi connectivity index (χ1n) is 4.67. The molecule has 2 rings (SSSR count). The molecule has 1 aromatic heterocycles. The number of phenols is 1. The molecule has 4 nitrogen and oxygen atoms in total. The number of methoxy groups -OCH3 is 1. The first-order valence-corrected chi connectivity index (χ1v) is 4.67. The van der Waals surface area contributed by atoms with E-state index in [-0.39, 0.29) is 11.7 Å². The smallest absolute Gasteiger partial charge is 0.339 e. The van der Waals surface area contributed by atoms with Gasteiger partial charge in [0.1, 0.15) is 5.75 Å². The molecule has 1 N–H and O–H groups in total. The predicted octanol–water partition coefficient (Wildman–Crippen LogP) is 2.02. The molecular formula is C12H10O4. The number of aromatic hydroxyl groups is 1. The van der Waals surface area contributed by atoms with Crippen molar-refractivity contribution in [3.8, 4) is 22.8 Å². The van der Waals surface area contributed by atoms with E-state index in [0.29, 0.717) is 5.56 Å². The zero-order valence-corrected chi connectivity index (χ0v) is 8.64. The second-order valence-corrected chi connectivity index (χ2v) is 3.24. The van der Waals surface area contributed by atoms with Crippen molar-refractivity contribution in [3.63, 3.8) is 0 Å². The van der Waals surface area contributed by atoms with Crippen molar-refractivity contribution in [2.75, 3.05) is 7.11 Å². The molecular weight excluding hydrogens is 208 g/mol. The SMILES string of the molecule is COc1cc(-c2ccc(O)cc2)cc(=O)o1. The molecule has 0 bridgehead atoms. The van der Waals surface area contributed by atoms with E-state index >= 15 is 0 Å². The Morgan fingerprint density at radius 3 is 2.44 bits per heavy atom. The van der Waals surface area contributed by atoms with Crippen molar-refractivity contribution < 1.29 is 14.3 Å². The van der Waals surface area contributed by atoms with E-state index < -0.39 is 5.63 Å². The van der Waals surface area contributed by atoms with Gasteiger partial charge in [-0.2, -0.15) is 0 Å². The Balaban J connectivity index is 2.51. The minimum Gasteiger partial charge on any atom is -0.508 e. The standard InChI is InChI=1S/C12H10O4/c1-15-12-7-9(6-11(14)16-12)8-2-4-10(13)5-3-8/h2-7,13H,1H3. The molecule has 0 aliphatic carbocycles. The normalized spacial score (nSPS) is 10.1. The van der Waals surface area contributed by atoms with E-state index in [1.165, 1.54) is 13.2 Å². The van der Waals surface area contributed by atoms with Gasteiger partial charge in [0, 0.05) is 12.1 Å². The van der Waals surface area contributed by atoms with Crippen LogP contribution >= 0.6 is 0 Å². The number of ether oxygens (including phenoxy) is 1. The number of phenolic OH excluding ortho intramolecular Hbond substituents is 1. The topological polar surface area (TPSA) is 59.7 Å². The van der Waals surface area contributed by atoms with Crippen molar-refractivity contribution in [2.24, 2.45) is 0 Å². The molecule has 0 spiro atoms. The highest BCUT2D eigenvalue weighted by Crippen LogP contribution is 2.23. The van der Waals surface area contributed by atoms with Gasteiger partial charge in [-0.25, -0.2) is 4.79 Å². The van der Waals surface area contributed by atoms with Crippen LogP contribution < -0.4 is 10.4 Å². The quantitative estimate of drug-likeness (QED) is 0.837. The van der Waals surface area contributed by atoms with Gasteiger partial charge in [-0.3, -0.25) is 0 Å². The van der Waals surface area contributed by atoms with Gasteiger partial charge in [-0.05, 0) is 23.3 Å². The maximum Gasteiger partial charge on any atom is 0.339 e. The van der Waals surface area contributed by atoms with Gasteiger partial charge in [0.05, 0.1) is 7.11 Å². The lowest BCUT2D eigenvalue weighted by Gasteiger charge is -2.02. The lowest BCUT2D eigenvalue weighted by molar-refractivity contribution is 0.287. The third-order valence-electron chi connectivity index (χ3n) is 2.15. The Morgan fingerprint density at radius 1 is 1.12 bits per heavy atom. The van der Waals surface area contributed by atoms with Gasteiger partial charge >= 0.3 is 5.63 Å². The fourth-order valence-corrected chi connectivity index (χ4v) is 1.37. The van der Waals surface area contributed by atoms with Crippen LogP contribution in [-0.2, 0) is 0 Å². The van der Waals surface area contributed by atoms with E-state index in [1.807, 2.05) is 0 Å². The van der Waals surface area contributed by atoms with Crippen LogP contribution in [0.15, 0.2) is 45.6 Å². The number of benzene rings is 1. The van der Waals surface area contributed by atoms with Crippen LogP contribution in [0.3, 0.4) is 0 Å². The Hall–Kier alpha value is -2.23. The molecule has 4 heteroatoms. The van der Waals surface area contributed by atoms with Gasteiger partial charge in [0.2, 0.25) is 0 Å². The molecule has 2 aromatic rings. The molecule has 1 heterocycles. The summed E-state index contributed by atoms with van der Waals surface area (Å²) in [6.07, 6.45) is 0. The van der Waals surface area contributed by atoms with E-state index in [1.54, 1.807) is 30.3 Å². The molecule has 0 aliphatic heterocycles. The average Bonchev–Trinajstić information content (AvgIpc) is 2.29. The van der Waals surface area contributed by atoms with E-state index in [4.69, 9.17) is 14.3 Å². The molecule has 16 heavy (non-hydrogen) atoms. The highest BCUT2D eigenvalue weighted by Gasteiger charge is 2.03. The highest BCUT2D eigenvalue weighted by molar-refractivity contribution is 5.64. The van der Waals surface area contributed by atoms with Crippen molar-refractivity contribution in [1.29, 1.82) is 0 Å². The molecule has 0 saturated carbocycles. The summed E-state index contributed by atoms with van der Waals surface area (Å²) in [5, 5.41) is 9.15. The Bertz CT molecular complexity index is 540. The van der Waals surface area contributed by atoms with Crippen molar-refractivity contribution in [2.45, 2.75) is 0 Å². The summed E-state index contributed by atoms with van der Waals surface area (Å²) in [4.78, 5) is 11.2. The maximum atomic E-state index is 11.2. The summed E-state index contributed by atoms with van der Waals surface area (Å²) in [6, 6.07) is 9.52. The molecule has 0 aliphatic rings. The summed E-state index contributed by atoms with van der Waals surface area (Å²) in [7, 11) is 1.43. The molecule has 0 fully saturated rings. The van der Waals surface area contributed by atoms with E-state index in [0.717, 1.165) is 5.56 Å². The second kappa shape index (κ2) is 4.10. The van der Waals surface area contributed by atoms with Crippen LogP contribution in [-0.4, -0.2) is 12.2 Å². The van der Waals surface area contributed by atoms with Crippen LogP contribution in [0.2, 0.25) is 0 Å². The Morgan fingerprint density at radius 2 is 1.81 bits per heavy atom. The molecule has 0 radical (unpaired) electrons. The van der Waals surface area contributed by atoms with Crippen molar-refractivity contribution >= 4 is 0 Å². The van der Waals surface area contributed by atoms with Gasteiger partial charge in [0.15, 0.2) is 0 Å². The average molecular weight is 218 g/mol. The van der Waals surface area contributed by atoms with Crippen LogP contribution in [0.4, 0.5) is 0 Å². The first-order chi connectivity index (χ1) is 7.69. The second-order valence-electron chi connectivity index (χ2n) is 3.24. The van der Waals surface area contributed by atoms with E-state index in [9.17, 15) is 4.79 Å². The lowest BCUT2D eigenvalue weighted by Crippen LogP contribution is -1.98. The third-order valence-corrected chi connectivity index (χ3v) is 2.15. The predicted molar refractivity (Wildman–Crippen MR) is 58.6 cm³/mol. The maximum absolute atomic E-state index is 11.2. The summed E-state index contributed by atoms with van der Waals surface area (Å²) in [5.74, 6) is 0.342. The van der Waals surface area contributed by atoms with Crippen LogP contribution in [0.5, 0.6) is 11.7 Å². The third kappa shape index (κ3) is 2.06. The fourth-order valence-electron chi connectivity index (χ4n) is 1.37. The number of rotatable bonds is 2. The zero-order valence-electron chi connectivity index (χ0n) is 8.64. The first kappa shape index (κ1) is 10.3. The van der Waals surface area contributed by atoms with Gasteiger partial charge < -0.3 is 14.3 Å². The summed E-state index contributed by atoms with van der Waals surface area (Å²) < 4.78 is 9.65. The summed E-state index contributed by atoms with van der Waals surface area (Å²) in [5.41, 5.74) is 1.03. The van der Waals surface area contributed by atoms with Crippen molar-refractivity contribution in [1.82, 2.24) is 0 Å². The van der Waals surface area contributed by atoms with Gasteiger partial charge in [-0.1, -0.05) is 12.1 Å². The molecule has 0 atom stereocenters. The number of hydrogen-bond acceptors (Lipinski definition) is 4. The lowest BCUT2D eigenvalue weighted by atomic mass is 10.1. The van der Waals surface area contributed by atoms with Gasteiger partial charge in [-0.15, -0.1) is 0 Å². The minimum atomic E-state index is -0.470. The van der Waals surface area contributed by atoms with Crippen LogP contribution in [0, 0.1) is 0 Å². The van der Waals surface area contributed by atoms with E-state index in [2.05, 4.69) is 0 Å². The highest BCUT2D eigenvalue weighted by atomic mass is 16.6. The molecule has 0 unspecified atom stereocenters. The molecule has 0 saturated heterocycles. The molecule has 0 amide bonds. The Labute approximate surface area is 91.7 Å².